The maximum Gasteiger partial charge on any atom is -0.00201 e. The molecule has 0 unspecified atom stereocenters. The van der Waals surface area contributed by atoms with E-state index in [4.69, 9.17) is 0 Å². The minimum absolute atomic E-state index is 1.25. The van der Waals surface area contributed by atoms with Gasteiger partial charge in [-0.1, -0.05) is 146 Å². The Morgan fingerprint density at radius 2 is 0.659 bits per heavy atom. The second-order valence-corrected chi connectivity index (χ2v) is 12.0. The summed E-state index contributed by atoms with van der Waals surface area (Å²) in [7, 11) is 0. The normalized spacial score (nSPS) is 12.1. The molecule has 0 bridgehead atoms. The summed E-state index contributed by atoms with van der Waals surface area (Å²) in [6, 6.07) is 58.5. The summed E-state index contributed by atoms with van der Waals surface area (Å²) in [6.07, 6.45) is 0. The molecule has 44 heavy (non-hydrogen) atoms. The fraction of sp³-hybridized carbons (Fsp3) is 0. The molecular weight excluding hydrogens is 528 g/mol. The zero-order valence-electron chi connectivity index (χ0n) is 24.0. The molecule has 0 aliphatic carbocycles. The van der Waals surface area contributed by atoms with Crippen molar-refractivity contribution < 1.29 is 0 Å². The minimum atomic E-state index is 1.25. The zero-order chi connectivity index (χ0) is 28.8. The average Bonchev–Trinajstić information content (AvgIpc) is 3.10. The number of hydrogen-bond donors (Lipinski definition) is 0. The molecule has 10 aromatic rings. The van der Waals surface area contributed by atoms with Gasteiger partial charge in [-0.25, -0.2) is 0 Å². The first-order chi connectivity index (χ1) is 21.8. The molecule has 0 fully saturated rings. The maximum atomic E-state index is 2.47. The summed E-state index contributed by atoms with van der Waals surface area (Å²) in [6.45, 7) is 0. The molecule has 0 atom stereocenters. The lowest BCUT2D eigenvalue weighted by molar-refractivity contribution is 1.66. The molecular formula is C44H26. The first kappa shape index (κ1) is 23.8. The predicted molar refractivity (Wildman–Crippen MR) is 190 cm³/mol. The van der Waals surface area contributed by atoms with Crippen molar-refractivity contribution in [3.8, 4) is 33.4 Å². The van der Waals surface area contributed by atoms with Gasteiger partial charge >= 0.3 is 0 Å². The van der Waals surface area contributed by atoms with Crippen molar-refractivity contribution in [2.75, 3.05) is 0 Å². The molecule has 0 aliphatic heterocycles. The Morgan fingerprint density at radius 1 is 0.227 bits per heavy atom. The van der Waals surface area contributed by atoms with Crippen LogP contribution in [0.4, 0.5) is 0 Å². The Kier molecular flexibility index (Phi) is 4.81. The van der Waals surface area contributed by atoms with E-state index in [2.05, 4.69) is 158 Å². The van der Waals surface area contributed by atoms with E-state index in [1.807, 2.05) is 0 Å². The van der Waals surface area contributed by atoms with Gasteiger partial charge in [0.05, 0.1) is 0 Å². The van der Waals surface area contributed by atoms with E-state index in [-0.39, 0.29) is 0 Å². The van der Waals surface area contributed by atoms with Crippen molar-refractivity contribution in [1.82, 2.24) is 0 Å². The lowest BCUT2D eigenvalue weighted by Crippen LogP contribution is -1.93. The molecule has 202 valence electrons. The van der Waals surface area contributed by atoms with Crippen LogP contribution in [-0.2, 0) is 0 Å². The first-order valence-electron chi connectivity index (χ1n) is 15.4. The molecule has 0 spiro atoms. The van der Waals surface area contributed by atoms with E-state index in [1.165, 1.54) is 98.0 Å². The van der Waals surface area contributed by atoms with Crippen molar-refractivity contribution in [2.45, 2.75) is 0 Å². The third-order valence-corrected chi connectivity index (χ3v) is 9.75. The fourth-order valence-electron chi connectivity index (χ4n) is 7.83. The Balaban J connectivity index is 1.37. The van der Waals surface area contributed by atoms with E-state index >= 15 is 0 Å². The standard InChI is InChI=1S/C44H26/c1-3-9-27(10-4-1)33-23-21-32-25-38(35-15-8-14-30-20-24-37(33)44(32)42(30)35)39-26-40-34(28-11-5-2-6-12-28)22-19-31-18-17-29-13-7-16-36(39)41(29)43(31)40/h1-26H. The van der Waals surface area contributed by atoms with E-state index in [9.17, 15) is 0 Å². The molecule has 0 heterocycles. The topological polar surface area (TPSA) is 0 Å². The van der Waals surface area contributed by atoms with Gasteiger partial charge in [0, 0.05) is 0 Å². The molecule has 0 radical (unpaired) electrons. The molecule has 0 aliphatic rings. The number of hydrogen-bond acceptors (Lipinski definition) is 0. The Bertz CT molecular complexity index is 2680. The van der Waals surface area contributed by atoms with Crippen LogP contribution in [0, 0.1) is 0 Å². The number of rotatable bonds is 3. The highest BCUT2D eigenvalue weighted by atomic mass is 14.2. The lowest BCUT2D eigenvalue weighted by Gasteiger charge is -2.20. The summed E-state index contributed by atoms with van der Waals surface area (Å²) in [5, 5.41) is 15.8. The van der Waals surface area contributed by atoms with E-state index in [0.29, 0.717) is 0 Å². The Labute approximate surface area is 255 Å². The van der Waals surface area contributed by atoms with Crippen molar-refractivity contribution >= 4 is 64.6 Å². The SMILES string of the molecule is c1ccc(-c2ccc3cc(-c4cc5c(-c6ccccc6)ccc6ccc7cccc4c7c65)c4cccc5ccc2c3c54)cc1. The minimum Gasteiger partial charge on any atom is -0.0622 e. The molecule has 0 saturated carbocycles. The second kappa shape index (κ2) is 8.89. The molecule has 0 aromatic heterocycles. The zero-order valence-corrected chi connectivity index (χ0v) is 24.0. The van der Waals surface area contributed by atoms with Crippen molar-refractivity contribution in [1.29, 1.82) is 0 Å². The summed E-state index contributed by atoms with van der Waals surface area (Å²) in [5.41, 5.74) is 7.65. The quantitative estimate of drug-likeness (QED) is 0.191. The first-order valence-corrected chi connectivity index (χ1v) is 15.4. The largest absolute Gasteiger partial charge is 0.0622 e. The number of benzene rings is 10. The summed E-state index contributed by atoms with van der Waals surface area (Å²) in [5.74, 6) is 0. The molecule has 0 saturated heterocycles. The maximum absolute atomic E-state index is 2.47. The highest BCUT2D eigenvalue weighted by Gasteiger charge is 2.20. The van der Waals surface area contributed by atoms with Crippen molar-refractivity contribution in [3.63, 3.8) is 0 Å². The van der Waals surface area contributed by atoms with Crippen LogP contribution in [0.1, 0.15) is 0 Å². The summed E-state index contributed by atoms with van der Waals surface area (Å²) < 4.78 is 0. The molecule has 10 aromatic carbocycles. The van der Waals surface area contributed by atoms with Gasteiger partial charge in [-0.15, -0.1) is 0 Å². The molecule has 0 nitrogen and oxygen atoms in total. The predicted octanol–water partition coefficient (Wildman–Crippen LogP) is 12.5. The third kappa shape index (κ3) is 3.23. The van der Waals surface area contributed by atoms with Gasteiger partial charge in [-0.3, -0.25) is 0 Å². The molecule has 10 rings (SSSR count). The van der Waals surface area contributed by atoms with Crippen LogP contribution in [0.3, 0.4) is 0 Å². The molecule has 0 N–H and O–H groups in total. The van der Waals surface area contributed by atoms with Crippen LogP contribution in [0.25, 0.3) is 98.0 Å². The van der Waals surface area contributed by atoms with E-state index < -0.39 is 0 Å². The van der Waals surface area contributed by atoms with Crippen LogP contribution in [0.15, 0.2) is 158 Å². The van der Waals surface area contributed by atoms with E-state index in [0.717, 1.165) is 0 Å². The van der Waals surface area contributed by atoms with Crippen LogP contribution in [0.5, 0.6) is 0 Å². The van der Waals surface area contributed by atoms with Gasteiger partial charge in [0.1, 0.15) is 0 Å². The van der Waals surface area contributed by atoms with Gasteiger partial charge in [0.15, 0.2) is 0 Å². The Morgan fingerprint density at radius 3 is 1.30 bits per heavy atom. The summed E-state index contributed by atoms with van der Waals surface area (Å²) in [4.78, 5) is 0. The van der Waals surface area contributed by atoms with Crippen LogP contribution in [0.2, 0.25) is 0 Å². The molecule has 0 heteroatoms. The van der Waals surface area contributed by atoms with Gasteiger partial charge in [0.25, 0.3) is 0 Å². The second-order valence-electron chi connectivity index (χ2n) is 12.0. The van der Waals surface area contributed by atoms with Gasteiger partial charge in [0.2, 0.25) is 0 Å². The summed E-state index contributed by atoms with van der Waals surface area (Å²) >= 11 is 0. The monoisotopic (exact) mass is 554 g/mol. The average molecular weight is 555 g/mol. The van der Waals surface area contributed by atoms with E-state index in [1.54, 1.807) is 0 Å². The highest BCUT2D eigenvalue weighted by Crippen LogP contribution is 2.48. The van der Waals surface area contributed by atoms with Crippen molar-refractivity contribution in [2.24, 2.45) is 0 Å². The smallest absolute Gasteiger partial charge is 0.00201 e. The van der Waals surface area contributed by atoms with Gasteiger partial charge in [-0.2, -0.15) is 0 Å². The Hall–Kier alpha value is -5.72. The van der Waals surface area contributed by atoms with Gasteiger partial charge < -0.3 is 0 Å². The highest BCUT2D eigenvalue weighted by molar-refractivity contribution is 6.32. The third-order valence-electron chi connectivity index (χ3n) is 9.75. The lowest BCUT2D eigenvalue weighted by atomic mass is 9.83. The van der Waals surface area contributed by atoms with Crippen LogP contribution >= 0.6 is 0 Å². The molecule has 0 amide bonds. The van der Waals surface area contributed by atoms with Crippen LogP contribution < -0.4 is 0 Å². The van der Waals surface area contributed by atoms with Crippen molar-refractivity contribution in [3.05, 3.63) is 158 Å². The fourth-order valence-corrected chi connectivity index (χ4v) is 7.83. The van der Waals surface area contributed by atoms with Gasteiger partial charge in [-0.05, 0) is 110 Å². The van der Waals surface area contributed by atoms with Crippen LogP contribution in [-0.4, -0.2) is 0 Å².